The van der Waals surface area contributed by atoms with Crippen LogP contribution in [0.25, 0.3) is 0 Å². The van der Waals surface area contributed by atoms with Crippen LogP contribution in [-0.2, 0) is 16.1 Å². The summed E-state index contributed by atoms with van der Waals surface area (Å²) in [4.78, 5) is 24.8. The van der Waals surface area contributed by atoms with Crippen LogP contribution in [0.15, 0.2) is 18.2 Å². The molecule has 1 unspecified atom stereocenters. The van der Waals surface area contributed by atoms with E-state index in [1.165, 1.54) is 4.90 Å². The number of benzene rings is 1. The summed E-state index contributed by atoms with van der Waals surface area (Å²) >= 11 is 11.9. The zero-order chi connectivity index (χ0) is 13.3. The Bertz CT molecular complexity index is 505. The first-order chi connectivity index (χ1) is 8.49. The lowest BCUT2D eigenvalue weighted by atomic mass is 10.1. The first kappa shape index (κ1) is 13.3. The Morgan fingerprint density at radius 3 is 2.83 bits per heavy atom. The third-order valence-electron chi connectivity index (χ3n) is 2.83. The van der Waals surface area contributed by atoms with Gasteiger partial charge in [0.05, 0.1) is 19.1 Å². The SMILES string of the molecule is CC1NCC(=O)N(Cc2cc(Cl)ccc2Cl)C1=O. The predicted octanol–water partition coefficient (Wildman–Crippen LogP) is 1.84. The molecule has 1 aliphatic heterocycles. The van der Waals surface area contributed by atoms with Gasteiger partial charge in [0.25, 0.3) is 0 Å². The van der Waals surface area contributed by atoms with Gasteiger partial charge < -0.3 is 0 Å². The van der Waals surface area contributed by atoms with Crippen LogP contribution in [0.2, 0.25) is 10.0 Å². The van der Waals surface area contributed by atoms with Gasteiger partial charge >= 0.3 is 0 Å². The van der Waals surface area contributed by atoms with Crippen molar-refractivity contribution in [1.82, 2.24) is 10.2 Å². The van der Waals surface area contributed by atoms with E-state index >= 15 is 0 Å². The zero-order valence-electron chi connectivity index (χ0n) is 9.74. The quantitative estimate of drug-likeness (QED) is 0.844. The Labute approximate surface area is 115 Å². The third kappa shape index (κ3) is 2.66. The molecule has 1 saturated heterocycles. The van der Waals surface area contributed by atoms with E-state index in [2.05, 4.69) is 5.32 Å². The molecule has 1 aromatic rings. The van der Waals surface area contributed by atoms with Gasteiger partial charge in [0.15, 0.2) is 0 Å². The van der Waals surface area contributed by atoms with E-state index in [1.807, 2.05) is 0 Å². The third-order valence-corrected chi connectivity index (χ3v) is 3.44. The molecule has 0 radical (unpaired) electrons. The maximum Gasteiger partial charge on any atom is 0.246 e. The molecule has 2 amide bonds. The Hall–Kier alpha value is -1.10. The molecule has 0 saturated carbocycles. The molecule has 1 fully saturated rings. The molecule has 1 aromatic carbocycles. The fourth-order valence-electron chi connectivity index (χ4n) is 1.78. The first-order valence-electron chi connectivity index (χ1n) is 5.50. The number of nitrogens with zero attached hydrogens (tertiary/aromatic N) is 1. The van der Waals surface area contributed by atoms with Crippen molar-refractivity contribution < 1.29 is 9.59 Å². The van der Waals surface area contributed by atoms with E-state index in [-0.39, 0.29) is 30.9 Å². The molecule has 0 aliphatic carbocycles. The minimum absolute atomic E-state index is 0.156. The molecule has 2 rings (SSSR count). The number of nitrogens with one attached hydrogen (secondary N) is 1. The van der Waals surface area contributed by atoms with Crippen LogP contribution < -0.4 is 5.32 Å². The van der Waals surface area contributed by atoms with E-state index < -0.39 is 0 Å². The minimum Gasteiger partial charge on any atom is -0.298 e. The lowest BCUT2D eigenvalue weighted by molar-refractivity contribution is -0.149. The highest BCUT2D eigenvalue weighted by Crippen LogP contribution is 2.22. The highest BCUT2D eigenvalue weighted by Gasteiger charge is 2.31. The molecule has 1 aliphatic rings. The van der Waals surface area contributed by atoms with Gasteiger partial charge in [0.1, 0.15) is 0 Å². The number of amides is 2. The molecular formula is C12H12Cl2N2O2. The van der Waals surface area contributed by atoms with Gasteiger partial charge in [0, 0.05) is 10.0 Å². The van der Waals surface area contributed by atoms with Crippen LogP contribution in [0, 0.1) is 0 Å². The average Bonchev–Trinajstić information content (AvgIpc) is 2.34. The van der Waals surface area contributed by atoms with Gasteiger partial charge in [-0.25, -0.2) is 0 Å². The van der Waals surface area contributed by atoms with Crippen molar-refractivity contribution in [3.63, 3.8) is 0 Å². The Kier molecular flexibility index (Phi) is 3.90. The van der Waals surface area contributed by atoms with Crippen molar-refractivity contribution in [1.29, 1.82) is 0 Å². The van der Waals surface area contributed by atoms with Crippen molar-refractivity contribution in [3.05, 3.63) is 33.8 Å². The topological polar surface area (TPSA) is 49.4 Å². The normalized spacial score (nSPS) is 20.4. The second-order valence-electron chi connectivity index (χ2n) is 4.16. The highest BCUT2D eigenvalue weighted by atomic mass is 35.5. The van der Waals surface area contributed by atoms with Crippen LogP contribution in [-0.4, -0.2) is 29.3 Å². The number of imide groups is 1. The standard InChI is InChI=1S/C12H12Cl2N2O2/c1-7-12(18)16(11(17)5-15-7)6-8-4-9(13)2-3-10(8)14/h2-4,7,15H,5-6H2,1H3. The second kappa shape index (κ2) is 5.26. The summed E-state index contributed by atoms with van der Waals surface area (Å²) in [6.45, 7) is 2.04. The first-order valence-corrected chi connectivity index (χ1v) is 6.26. The van der Waals surface area contributed by atoms with Crippen LogP contribution in [0.4, 0.5) is 0 Å². The number of halogens is 2. The predicted molar refractivity (Wildman–Crippen MR) is 69.5 cm³/mol. The highest BCUT2D eigenvalue weighted by molar-refractivity contribution is 6.33. The van der Waals surface area contributed by atoms with Gasteiger partial charge in [-0.1, -0.05) is 23.2 Å². The van der Waals surface area contributed by atoms with E-state index in [0.29, 0.717) is 15.6 Å². The summed E-state index contributed by atoms with van der Waals surface area (Å²) in [6.07, 6.45) is 0. The largest absolute Gasteiger partial charge is 0.298 e. The van der Waals surface area contributed by atoms with Crippen LogP contribution in [0.3, 0.4) is 0 Å². The fourth-order valence-corrected chi connectivity index (χ4v) is 2.15. The van der Waals surface area contributed by atoms with E-state index in [9.17, 15) is 9.59 Å². The number of carbonyl (C=O) groups excluding carboxylic acids is 2. The molecule has 1 atom stereocenters. The number of carbonyl (C=O) groups is 2. The molecule has 96 valence electrons. The van der Waals surface area contributed by atoms with Gasteiger partial charge in [0.2, 0.25) is 11.8 Å². The Morgan fingerprint density at radius 2 is 2.11 bits per heavy atom. The summed E-state index contributed by atoms with van der Waals surface area (Å²) in [5, 5.41) is 3.84. The number of piperazine rings is 1. The van der Waals surface area contributed by atoms with Crippen LogP contribution >= 0.6 is 23.2 Å². The Morgan fingerprint density at radius 1 is 1.39 bits per heavy atom. The summed E-state index contributed by atoms with van der Waals surface area (Å²) in [7, 11) is 0. The number of hydrogen-bond donors (Lipinski definition) is 1. The monoisotopic (exact) mass is 286 g/mol. The maximum absolute atomic E-state index is 11.9. The molecule has 4 nitrogen and oxygen atoms in total. The summed E-state index contributed by atoms with van der Waals surface area (Å²) in [5.74, 6) is -0.503. The molecule has 18 heavy (non-hydrogen) atoms. The molecule has 1 heterocycles. The van der Waals surface area contributed by atoms with E-state index in [1.54, 1.807) is 25.1 Å². The maximum atomic E-state index is 11.9. The molecule has 1 N–H and O–H groups in total. The van der Waals surface area contributed by atoms with Crippen molar-refractivity contribution >= 4 is 35.0 Å². The molecule has 0 spiro atoms. The van der Waals surface area contributed by atoms with Gasteiger partial charge in [-0.3, -0.25) is 19.8 Å². The fraction of sp³-hybridized carbons (Fsp3) is 0.333. The van der Waals surface area contributed by atoms with Crippen molar-refractivity contribution in [2.45, 2.75) is 19.5 Å². The second-order valence-corrected chi connectivity index (χ2v) is 5.00. The Balaban J connectivity index is 2.24. The minimum atomic E-state index is -0.361. The van der Waals surface area contributed by atoms with Crippen molar-refractivity contribution in [2.75, 3.05) is 6.54 Å². The molecule has 6 heteroatoms. The van der Waals surface area contributed by atoms with Crippen molar-refractivity contribution in [2.24, 2.45) is 0 Å². The summed E-state index contributed by atoms with van der Waals surface area (Å²) < 4.78 is 0. The smallest absolute Gasteiger partial charge is 0.246 e. The van der Waals surface area contributed by atoms with Gasteiger partial charge in [-0.2, -0.15) is 0 Å². The van der Waals surface area contributed by atoms with Crippen molar-refractivity contribution in [3.8, 4) is 0 Å². The van der Waals surface area contributed by atoms with Gasteiger partial charge in [-0.15, -0.1) is 0 Å². The molecule has 0 bridgehead atoms. The van der Waals surface area contributed by atoms with Crippen LogP contribution in [0.5, 0.6) is 0 Å². The summed E-state index contributed by atoms with van der Waals surface area (Å²) in [6, 6.07) is 4.62. The zero-order valence-corrected chi connectivity index (χ0v) is 11.3. The van der Waals surface area contributed by atoms with E-state index in [0.717, 1.165) is 0 Å². The molecular weight excluding hydrogens is 275 g/mol. The lowest BCUT2D eigenvalue weighted by Crippen LogP contribution is -2.56. The van der Waals surface area contributed by atoms with Crippen LogP contribution in [0.1, 0.15) is 12.5 Å². The summed E-state index contributed by atoms with van der Waals surface area (Å²) in [5.41, 5.74) is 0.667. The average molecular weight is 287 g/mol. The number of hydrogen-bond acceptors (Lipinski definition) is 3. The molecule has 0 aromatic heterocycles. The lowest BCUT2D eigenvalue weighted by Gasteiger charge is -2.30. The number of rotatable bonds is 2. The van der Waals surface area contributed by atoms with Gasteiger partial charge in [-0.05, 0) is 30.7 Å². The van der Waals surface area contributed by atoms with E-state index in [4.69, 9.17) is 23.2 Å².